The molecule has 0 bridgehead atoms. The van der Waals surface area contributed by atoms with Gasteiger partial charge in [0.25, 0.3) is 0 Å². The first-order chi connectivity index (χ1) is 15.9. The summed E-state index contributed by atoms with van der Waals surface area (Å²) in [5.74, 6) is 1.47. The monoisotopic (exact) mass is 470 g/mol. The van der Waals surface area contributed by atoms with Crippen molar-refractivity contribution < 1.29 is 9.57 Å². The Morgan fingerprint density at radius 3 is 2.88 bits per heavy atom. The van der Waals surface area contributed by atoms with Gasteiger partial charge >= 0.3 is 0 Å². The van der Waals surface area contributed by atoms with Crippen LogP contribution >= 0.6 is 11.3 Å². The maximum atomic E-state index is 6.37. The van der Waals surface area contributed by atoms with Crippen LogP contribution < -0.4 is 21.9 Å². The number of anilines is 1. The van der Waals surface area contributed by atoms with Crippen LogP contribution in [0.15, 0.2) is 33.7 Å². The highest BCUT2D eigenvalue weighted by molar-refractivity contribution is 7.13. The minimum atomic E-state index is -0.197. The number of hydrogen-bond donors (Lipinski definition) is 3. The minimum absolute atomic E-state index is 0.0818. The van der Waals surface area contributed by atoms with E-state index in [0.717, 1.165) is 67.5 Å². The molecule has 0 radical (unpaired) electrons. The number of hydrogen-bond acceptors (Lipinski definition) is 8. The molecule has 4 unspecified atom stereocenters. The number of ether oxygens (including phenoxy) is 1. The van der Waals surface area contributed by atoms with Crippen molar-refractivity contribution in [3.63, 3.8) is 0 Å². The standard InChI is InChI=1S/C24H34N6O2S/c1-14(20-13-33-24(27)29-20)30-32-15(2)21-10-6-16-12-17(7-11-22(16)31-21)23(26)28-19-5-3-4-18(25)8-9-19/h7,11-13,15,18-19,21H,3-6,8-10,25H2,1-2H3,(H2,26,28)(H2,27,29)/b30-14+. The van der Waals surface area contributed by atoms with Gasteiger partial charge in [0.1, 0.15) is 29.1 Å². The topological polar surface area (TPSA) is 134 Å². The average Bonchev–Trinajstić information content (AvgIpc) is 3.15. The molecule has 9 heteroatoms. The largest absolute Gasteiger partial charge is 0.486 e. The van der Waals surface area contributed by atoms with E-state index >= 15 is 0 Å². The van der Waals surface area contributed by atoms with E-state index in [-0.39, 0.29) is 18.2 Å². The number of fused-ring (bicyclic) bond motifs is 1. The van der Waals surface area contributed by atoms with E-state index in [1.807, 2.05) is 31.4 Å². The molecule has 6 N–H and O–H groups in total. The number of nitrogens with two attached hydrogens (primary N) is 3. The summed E-state index contributed by atoms with van der Waals surface area (Å²) in [6, 6.07) is 6.64. The smallest absolute Gasteiger partial charge is 0.180 e. The first kappa shape index (κ1) is 23.5. The van der Waals surface area contributed by atoms with E-state index < -0.39 is 0 Å². The molecule has 1 saturated carbocycles. The van der Waals surface area contributed by atoms with Crippen LogP contribution in [0.25, 0.3) is 0 Å². The molecule has 1 aliphatic carbocycles. The summed E-state index contributed by atoms with van der Waals surface area (Å²) in [6.07, 6.45) is 6.72. The lowest BCUT2D eigenvalue weighted by molar-refractivity contribution is -0.0203. The van der Waals surface area contributed by atoms with Crippen LogP contribution in [0.2, 0.25) is 0 Å². The second-order valence-electron chi connectivity index (χ2n) is 9.01. The fourth-order valence-electron chi connectivity index (χ4n) is 4.34. The fraction of sp³-hybridized carbons (Fsp3) is 0.542. The number of rotatable bonds is 6. The number of aromatic nitrogens is 1. The van der Waals surface area contributed by atoms with Gasteiger partial charge < -0.3 is 26.8 Å². The Morgan fingerprint density at radius 2 is 2.09 bits per heavy atom. The zero-order chi connectivity index (χ0) is 23.4. The summed E-state index contributed by atoms with van der Waals surface area (Å²) in [7, 11) is 0. The molecule has 2 aromatic rings. The van der Waals surface area contributed by atoms with E-state index in [1.54, 1.807) is 0 Å². The van der Waals surface area contributed by atoms with Crippen molar-refractivity contribution >= 4 is 28.0 Å². The first-order valence-corrected chi connectivity index (χ1v) is 12.6. The summed E-state index contributed by atoms with van der Waals surface area (Å²) >= 11 is 1.38. The Kier molecular flexibility index (Phi) is 7.49. The van der Waals surface area contributed by atoms with Crippen LogP contribution in [0, 0.1) is 0 Å². The van der Waals surface area contributed by atoms with Gasteiger partial charge in [-0.1, -0.05) is 5.16 Å². The molecule has 178 valence electrons. The first-order valence-electron chi connectivity index (χ1n) is 11.7. The van der Waals surface area contributed by atoms with Gasteiger partial charge in [-0.3, -0.25) is 4.99 Å². The van der Waals surface area contributed by atoms with Crippen LogP contribution in [0.5, 0.6) is 5.75 Å². The molecule has 0 amide bonds. The number of nitrogen functional groups attached to an aromatic ring is 1. The van der Waals surface area contributed by atoms with Crippen molar-refractivity contribution in [2.24, 2.45) is 21.6 Å². The second kappa shape index (κ2) is 10.5. The van der Waals surface area contributed by atoms with Gasteiger partial charge in [0.05, 0.1) is 6.04 Å². The molecule has 8 nitrogen and oxygen atoms in total. The van der Waals surface area contributed by atoms with Gasteiger partial charge in [-0.25, -0.2) is 4.98 Å². The molecular weight excluding hydrogens is 436 g/mol. The maximum absolute atomic E-state index is 6.37. The molecule has 4 rings (SSSR count). The predicted octanol–water partition coefficient (Wildman–Crippen LogP) is 3.61. The quantitative estimate of drug-likeness (QED) is 0.255. The molecule has 1 aromatic carbocycles. The zero-order valence-electron chi connectivity index (χ0n) is 19.4. The second-order valence-corrected chi connectivity index (χ2v) is 9.90. The van der Waals surface area contributed by atoms with Crippen LogP contribution in [-0.2, 0) is 11.3 Å². The summed E-state index contributed by atoms with van der Waals surface area (Å²) in [5.41, 5.74) is 21.7. The molecule has 0 saturated heterocycles. The molecule has 1 aromatic heterocycles. The summed E-state index contributed by atoms with van der Waals surface area (Å²) < 4.78 is 6.23. The van der Waals surface area contributed by atoms with Crippen molar-refractivity contribution in [1.29, 1.82) is 0 Å². The van der Waals surface area contributed by atoms with E-state index in [9.17, 15) is 0 Å². The van der Waals surface area contributed by atoms with Crippen LogP contribution in [0.3, 0.4) is 0 Å². The van der Waals surface area contributed by atoms with E-state index in [0.29, 0.717) is 22.7 Å². The van der Waals surface area contributed by atoms with Crippen LogP contribution in [-0.4, -0.2) is 40.8 Å². The molecule has 2 aliphatic rings. The molecular formula is C24H34N6O2S. The Balaban J connectivity index is 1.37. The summed E-state index contributed by atoms with van der Waals surface area (Å²) in [6.45, 7) is 3.83. The van der Waals surface area contributed by atoms with Crippen LogP contribution in [0.1, 0.15) is 69.2 Å². The maximum Gasteiger partial charge on any atom is 0.180 e. The van der Waals surface area contributed by atoms with Crippen molar-refractivity contribution in [2.45, 2.75) is 83.1 Å². The van der Waals surface area contributed by atoms with Gasteiger partial charge in [0.2, 0.25) is 0 Å². The average molecular weight is 471 g/mol. The number of aliphatic imine (C=N–C) groups is 1. The summed E-state index contributed by atoms with van der Waals surface area (Å²) in [4.78, 5) is 14.8. The number of oxime groups is 1. The third kappa shape index (κ3) is 6.03. The summed E-state index contributed by atoms with van der Waals surface area (Å²) in [5, 5.41) is 6.61. The van der Waals surface area contributed by atoms with Gasteiger partial charge in [-0.2, -0.15) is 0 Å². The van der Waals surface area contributed by atoms with Gasteiger partial charge in [-0.15, -0.1) is 11.3 Å². The van der Waals surface area contributed by atoms with Crippen molar-refractivity contribution in [2.75, 3.05) is 5.73 Å². The Bertz CT molecular complexity index is 1020. The third-order valence-corrected chi connectivity index (χ3v) is 7.08. The van der Waals surface area contributed by atoms with Crippen LogP contribution in [0.4, 0.5) is 5.13 Å². The number of thiazole rings is 1. The Morgan fingerprint density at radius 1 is 1.24 bits per heavy atom. The number of amidine groups is 1. The number of aryl methyl sites for hydroxylation is 1. The minimum Gasteiger partial charge on any atom is -0.486 e. The van der Waals surface area contributed by atoms with E-state index in [1.165, 1.54) is 11.3 Å². The highest BCUT2D eigenvalue weighted by Gasteiger charge is 2.27. The molecule has 2 heterocycles. The molecule has 33 heavy (non-hydrogen) atoms. The van der Waals surface area contributed by atoms with E-state index in [2.05, 4.69) is 16.2 Å². The van der Waals surface area contributed by atoms with Crippen molar-refractivity contribution in [1.82, 2.24) is 4.98 Å². The fourth-order valence-corrected chi connectivity index (χ4v) is 4.95. The zero-order valence-corrected chi connectivity index (χ0v) is 20.2. The molecule has 1 aliphatic heterocycles. The SMILES string of the molecule is C/C(=N\OC(C)C1CCc2cc(C(N)=NC3CCCC(N)CC3)ccc2O1)c1csc(N)n1. The Labute approximate surface area is 199 Å². The third-order valence-electron chi connectivity index (χ3n) is 6.41. The normalized spacial score (nSPS) is 25.0. The highest BCUT2D eigenvalue weighted by Crippen LogP contribution is 2.30. The molecule has 0 spiro atoms. The number of nitrogens with zero attached hydrogens (tertiary/aromatic N) is 3. The van der Waals surface area contributed by atoms with Gasteiger partial charge in [0, 0.05) is 17.0 Å². The lowest BCUT2D eigenvalue weighted by atomic mass is 9.97. The highest BCUT2D eigenvalue weighted by atomic mass is 32.1. The number of benzene rings is 1. The lowest BCUT2D eigenvalue weighted by Gasteiger charge is -2.29. The molecule has 1 fully saturated rings. The Hall–Kier alpha value is -2.65. The van der Waals surface area contributed by atoms with Crippen molar-refractivity contribution in [3.05, 3.63) is 40.4 Å². The predicted molar refractivity (Wildman–Crippen MR) is 134 cm³/mol. The molecule has 4 atom stereocenters. The van der Waals surface area contributed by atoms with Crippen molar-refractivity contribution in [3.8, 4) is 5.75 Å². The van der Waals surface area contributed by atoms with Gasteiger partial charge in [0.15, 0.2) is 11.2 Å². The van der Waals surface area contributed by atoms with E-state index in [4.69, 9.17) is 31.8 Å². The lowest BCUT2D eigenvalue weighted by Crippen LogP contribution is -2.34. The van der Waals surface area contributed by atoms with Gasteiger partial charge in [-0.05, 0) is 82.6 Å².